The van der Waals surface area contributed by atoms with Gasteiger partial charge in [0, 0.05) is 26.2 Å². The minimum Gasteiger partial charge on any atom is -0.497 e. The van der Waals surface area contributed by atoms with Crippen LogP contribution in [-0.2, 0) is 9.53 Å². The summed E-state index contributed by atoms with van der Waals surface area (Å²) in [6, 6.07) is 15.1. The molecule has 2 heterocycles. The molecular formula is C23H27N3O4S. The average molecular weight is 442 g/mol. The summed E-state index contributed by atoms with van der Waals surface area (Å²) in [5.74, 6) is 1.36. The number of thiazole rings is 1. The third kappa shape index (κ3) is 5.72. The molecule has 164 valence electrons. The van der Waals surface area contributed by atoms with Crippen molar-refractivity contribution >= 4 is 32.6 Å². The van der Waals surface area contributed by atoms with Gasteiger partial charge in [-0.2, -0.15) is 0 Å². The molecule has 0 saturated carbocycles. The van der Waals surface area contributed by atoms with E-state index in [1.165, 1.54) is 11.3 Å². The predicted octanol–water partition coefficient (Wildman–Crippen LogP) is 3.44. The molecule has 8 heteroatoms. The van der Waals surface area contributed by atoms with E-state index in [-0.39, 0.29) is 12.5 Å². The molecule has 1 amide bonds. The van der Waals surface area contributed by atoms with E-state index in [9.17, 15) is 4.79 Å². The molecule has 1 saturated heterocycles. The summed E-state index contributed by atoms with van der Waals surface area (Å²) in [6.45, 7) is 4.90. The molecule has 0 spiro atoms. The van der Waals surface area contributed by atoms with Crippen LogP contribution in [0, 0.1) is 0 Å². The standard InChI is InChI=1S/C23H27N3O4S/c1-28-19-8-9-20-21(16-19)31-23(24-20)26(11-5-10-25-12-14-29-15-13-25)22(27)17-30-18-6-3-2-4-7-18/h2-4,6-9,16H,5,10-15,17H2,1H3. The van der Waals surface area contributed by atoms with E-state index >= 15 is 0 Å². The monoisotopic (exact) mass is 441 g/mol. The maximum Gasteiger partial charge on any atom is 0.266 e. The third-order valence-electron chi connectivity index (χ3n) is 5.18. The van der Waals surface area contributed by atoms with Crippen molar-refractivity contribution in [3.63, 3.8) is 0 Å². The van der Waals surface area contributed by atoms with Crippen LogP contribution in [0.2, 0.25) is 0 Å². The molecule has 1 aromatic heterocycles. The topological polar surface area (TPSA) is 64.1 Å². The van der Waals surface area contributed by atoms with Crippen LogP contribution < -0.4 is 14.4 Å². The van der Waals surface area contributed by atoms with Gasteiger partial charge >= 0.3 is 0 Å². The summed E-state index contributed by atoms with van der Waals surface area (Å²) in [5.41, 5.74) is 0.857. The van der Waals surface area contributed by atoms with Crippen molar-refractivity contribution in [1.82, 2.24) is 9.88 Å². The molecule has 4 rings (SSSR count). The Kier molecular flexibility index (Phi) is 7.35. The van der Waals surface area contributed by atoms with Crippen LogP contribution in [0.4, 0.5) is 5.13 Å². The number of fused-ring (bicyclic) bond motifs is 1. The number of amides is 1. The molecule has 1 fully saturated rings. The molecule has 0 unspecified atom stereocenters. The molecule has 31 heavy (non-hydrogen) atoms. The van der Waals surface area contributed by atoms with Gasteiger partial charge in [0.2, 0.25) is 0 Å². The number of benzene rings is 2. The number of para-hydroxylation sites is 1. The van der Waals surface area contributed by atoms with Crippen molar-refractivity contribution in [2.45, 2.75) is 6.42 Å². The van der Waals surface area contributed by atoms with Crippen molar-refractivity contribution in [1.29, 1.82) is 0 Å². The number of nitrogens with zero attached hydrogens (tertiary/aromatic N) is 3. The van der Waals surface area contributed by atoms with E-state index in [1.807, 2.05) is 48.5 Å². The van der Waals surface area contributed by atoms with Gasteiger partial charge in [0.1, 0.15) is 11.5 Å². The molecule has 1 aliphatic heterocycles. The summed E-state index contributed by atoms with van der Waals surface area (Å²) in [6.07, 6.45) is 0.857. The Morgan fingerprint density at radius 2 is 1.97 bits per heavy atom. The molecule has 2 aromatic carbocycles. The number of methoxy groups -OCH3 is 1. The van der Waals surface area contributed by atoms with Crippen LogP contribution in [0.5, 0.6) is 11.5 Å². The molecular weight excluding hydrogens is 414 g/mol. The van der Waals surface area contributed by atoms with E-state index in [4.69, 9.17) is 19.2 Å². The number of hydrogen-bond acceptors (Lipinski definition) is 7. The highest BCUT2D eigenvalue weighted by molar-refractivity contribution is 7.22. The number of hydrogen-bond donors (Lipinski definition) is 0. The molecule has 0 bridgehead atoms. The zero-order valence-electron chi connectivity index (χ0n) is 17.7. The van der Waals surface area contributed by atoms with Gasteiger partial charge < -0.3 is 14.2 Å². The van der Waals surface area contributed by atoms with Gasteiger partial charge in [-0.25, -0.2) is 4.98 Å². The zero-order valence-corrected chi connectivity index (χ0v) is 18.5. The van der Waals surface area contributed by atoms with Gasteiger partial charge in [0.25, 0.3) is 5.91 Å². The first-order chi connectivity index (χ1) is 15.2. The maximum absolute atomic E-state index is 13.1. The minimum atomic E-state index is -0.100. The Balaban J connectivity index is 1.47. The van der Waals surface area contributed by atoms with E-state index in [0.29, 0.717) is 17.4 Å². The average Bonchev–Trinajstić information content (AvgIpc) is 3.24. The van der Waals surface area contributed by atoms with Crippen molar-refractivity contribution in [2.75, 3.05) is 58.0 Å². The molecule has 0 N–H and O–H groups in total. The van der Waals surface area contributed by atoms with Crippen molar-refractivity contribution in [3.8, 4) is 11.5 Å². The molecule has 0 radical (unpaired) electrons. The van der Waals surface area contributed by atoms with Crippen LogP contribution in [0.1, 0.15) is 6.42 Å². The number of rotatable bonds is 9. The van der Waals surface area contributed by atoms with Crippen LogP contribution in [0.25, 0.3) is 10.2 Å². The highest BCUT2D eigenvalue weighted by Gasteiger charge is 2.21. The SMILES string of the molecule is COc1ccc2nc(N(CCCN3CCOCC3)C(=O)COc3ccccc3)sc2c1. The summed E-state index contributed by atoms with van der Waals surface area (Å²) in [5, 5.41) is 0.687. The predicted molar refractivity (Wildman–Crippen MR) is 122 cm³/mol. The number of anilines is 1. The first kappa shape index (κ1) is 21.5. The Hall–Kier alpha value is -2.68. The Morgan fingerprint density at radius 1 is 1.16 bits per heavy atom. The summed E-state index contributed by atoms with van der Waals surface area (Å²) in [7, 11) is 1.64. The maximum atomic E-state index is 13.1. The van der Waals surface area contributed by atoms with Crippen LogP contribution in [0.15, 0.2) is 48.5 Å². The first-order valence-electron chi connectivity index (χ1n) is 10.5. The lowest BCUT2D eigenvalue weighted by Crippen LogP contribution is -2.40. The van der Waals surface area contributed by atoms with Crippen LogP contribution >= 0.6 is 11.3 Å². The Labute approximate surface area is 186 Å². The van der Waals surface area contributed by atoms with Gasteiger partial charge in [0.15, 0.2) is 11.7 Å². The van der Waals surface area contributed by atoms with Crippen molar-refractivity contribution < 1.29 is 19.0 Å². The second-order valence-corrected chi connectivity index (χ2v) is 8.29. The van der Waals surface area contributed by atoms with Gasteiger partial charge in [-0.3, -0.25) is 14.6 Å². The normalized spacial score (nSPS) is 14.5. The highest BCUT2D eigenvalue weighted by atomic mass is 32.1. The molecule has 1 aliphatic rings. The number of carbonyl (C=O) groups excluding carboxylic acids is 1. The second-order valence-electron chi connectivity index (χ2n) is 7.28. The van der Waals surface area contributed by atoms with Crippen molar-refractivity contribution in [3.05, 3.63) is 48.5 Å². The van der Waals surface area contributed by atoms with E-state index < -0.39 is 0 Å². The van der Waals surface area contributed by atoms with Crippen LogP contribution in [0.3, 0.4) is 0 Å². The number of carbonyl (C=O) groups is 1. The fraction of sp³-hybridized carbons (Fsp3) is 0.391. The third-order valence-corrected chi connectivity index (χ3v) is 6.22. The summed E-state index contributed by atoms with van der Waals surface area (Å²) >= 11 is 1.50. The number of morpholine rings is 1. The van der Waals surface area contributed by atoms with Gasteiger partial charge in [-0.05, 0) is 36.8 Å². The fourth-order valence-electron chi connectivity index (χ4n) is 3.48. The van der Waals surface area contributed by atoms with Gasteiger partial charge in [-0.1, -0.05) is 29.5 Å². The molecule has 7 nitrogen and oxygen atoms in total. The summed E-state index contributed by atoms with van der Waals surface area (Å²) in [4.78, 5) is 21.9. The van der Waals surface area contributed by atoms with Gasteiger partial charge in [-0.15, -0.1) is 0 Å². The van der Waals surface area contributed by atoms with E-state index in [1.54, 1.807) is 12.0 Å². The van der Waals surface area contributed by atoms with E-state index in [0.717, 1.165) is 55.2 Å². The second kappa shape index (κ2) is 10.6. The van der Waals surface area contributed by atoms with Crippen molar-refractivity contribution in [2.24, 2.45) is 0 Å². The highest BCUT2D eigenvalue weighted by Crippen LogP contribution is 2.31. The lowest BCUT2D eigenvalue weighted by Gasteiger charge is -2.27. The van der Waals surface area contributed by atoms with E-state index in [2.05, 4.69) is 4.90 Å². The zero-order chi connectivity index (χ0) is 21.5. The fourth-order valence-corrected chi connectivity index (χ4v) is 4.52. The van der Waals surface area contributed by atoms with Gasteiger partial charge in [0.05, 0.1) is 30.5 Å². The largest absolute Gasteiger partial charge is 0.497 e. The number of ether oxygens (including phenoxy) is 3. The molecule has 0 aliphatic carbocycles. The smallest absolute Gasteiger partial charge is 0.266 e. The lowest BCUT2D eigenvalue weighted by atomic mass is 10.3. The molecule has 3 aromatic rings. The first-order valence-corrected chi connectivity index (χ1v) is 11.3. The van der Waals surface area contributed by atoms with Crippen LogP contribution in [-0.4, -0.2) is 68.9 Å². The summed E-state index contributed by atoms with van der Waals surface area (Å²) < 4.78 is 17.4. The number of aromatic nitrogens is 1. The quantitative estimate of drug-likeness (QED) is 0.507. The Bertz CT molecular complexity index is 989. The Morgan fingerprint density at radius 3 is 2.74 bits per heavy atom. The minimum absolute atomic E-state index is 0.0270. The lowest BCUT2D eigenvalue weighted by molar-refractivity contribution is -0.120. The molecule has 0 atom stereocenters.